The van der Waals surface area contributed by atoms with Gasteiger partial charge in [0.25, 0.3) is 5.91 Å². The van der Waals surface area contributed by atoms with Gasteiger partial charge in [0.1, 0.15) is 58.1 Å². The molecular formula is C69H95N11O12S2. The molecule has 0 saturated carbocycles. The minimum Gasteiger partial charge on any atom is -0.508 e. The number of amides is 1. The summed E-state index contributed by atoms with van der Waals surface area (Å²) in [5.74, 6) is 6.51. The number of carbonyl (C=O) groups is 2. The molecule has 25 heteroatoms. The number of aliphatic imine (C=N–C) groups is 1. The van der Waals surface area contributed by atoms with Gasteiger partial charge in [-0.15, -0.1) is 10.2 Å². The number of rotatable bonds is 23. The highest BCUT2D eigenvalue weighted by atomic mass is 32.1. The summed E-state index contributed by atoms with van der Waals surface area (Å²) in [6, 6.07) is 25.6. The third kappa shape index (κ3) is 22.4. The molecule has 0 aliphatic heterocycles. The van der Waals surface area contributed by atoms with Crippen molar-refractivity contribution in [2.24, 2.45) is 10.8 Å². The number of Topliss-reactive ketones (excluding diaryl/α,β-unsaturated/α-hetero) is 1. The third-order valence-corrected chi connectivity index (χ3v) is 14.6. The van der Waals surface area contributed by atoms with E-state index in [1.165, 1.54) is 24.3 Å². The highest BCUT2D eigenvalue weighted by Crippen LogP contribution is 2.40. The topological polar surface area (TPSA) is 318 Å². The van der Waals surface area contributed by atoms with Crippen molar-refractivity contribution in [3.63, 3.8) is 0 Å². The number of nitrogens with zero attached hydrogens (tertiary/aromatic N) is 7. The lowest BCUT2D eigenvalue weighted by Gasteiger charge is -2.22. The van der Waals surface area contributed by atoms with E-state index in [0.29, 0.717) is 22.5 Å². The fourth-order valence-electron chi connectivity index (χ4n) is 9.53. The molecule has 0 saturated heterocycles. The Labute approximate surface area is 563 Å². The number of anilines is 4. The molecule has 94 heavy (non-hydrogen) atoms. The first-order valence-corrected chi connectivity index (χ1v) is 31.5. The van der Waals surface area contributed by atoms with Crippen molar-refractivity contribution in [2.75, 3.05) is 95.3 Å². The molecule has 0 atom stereocenters. The Morgan fingerprint density at radius 1 is 0.617 bits per heavy atom. The van der Waals surface area contributed by atoms with Gasteiger partial charge in [-0.3, -0.25) is 19.6 Å². The number of aromatic hydroxyl groups is 6. The van der Waals surface area contributed by atoms with Gasteiger partial charge >= 0.3 is 0 Å². The van der Waals surface area contributed by atoms with Crippen LogP contribution in [0.3, 0.4) is 0 Å². The number of carbonyl (C=O) groups excluding carboxylic acids is 2. The van der Waals surface area contributed by atoms with E-state index < -0.39 is 5.91 Å². The molecule has 0 fully saturated rings. The lowest BCUT2D eigenvalue weighted by molar-refractivity contribution is 0.0949. The quantitative estimate of drug-likeness (QED) is 0.00708. The fraction of sp³-hybridized carbons (Fsp3) is 0.391. The Balaban J connectivity index is 0.000000336. The first-order chi connectivity index (χ1) is 44.6. The summed E-state index contributed by atoms with van der Waals surface area (Å²) < 4.78 is 18.1. The van der Waals surface area contributed by atoms with Crippen molar-refractivity contribution in [3.05, 3.63) is 125 Å². The normalized spacial score (nSPS) is 10.4. The highest BCUT2D eigenvalue weighted by Gasteiger charge is 2.22. The summed E-state index contributed by atoms with van der Waals surface area (Å²) in [6.45, 7) is 22.5. The zero-order chi connectivity index (χ0) is 70.5. The number of hydrogen-bond donors (Lipinski definition) is 11. The molecule has 1 aromatic heterocycles. The number of aliphatic hydroxyl groups is 1. The number of methoxy groups -OCH3 is 3. The number of thiocarbonyl (C=S) groups is 2. The molecule has 510 valence electrons. The number of isothiocyanates is 1. The van der Waals surface area contributed by atoms with Gasteiger partial charge in [0.2, 0.25) is 0 Å². The maximum absolute atomic E-state index is 12.6. The SMILES string of the molecule is CC(C)c1cc(C(=O)NN)c(O)cc1O.CCCN(C)c1cc(-n2cnnc2-c2cc(C(C)C)c(O)cc2O)ccc1OC.CCCN(C)c1cc(N=C=S)ccc1OC.CCCN(C)c1cc(NC(=S)NCC(=O)c2cc(C(C)C)c(O)cc2O)ccc1OC.CCO. The second-order valence-electron chi connectivity index (χ2n) is 22.4. The van der Waals surface area contributed by atoms with E-state index in [4.69, 9.17) is 37.4 Å². The summed E-state index contributed by atoms with van der Waals surface area (Å²) in [7, 11) is 11.0. The van der Waals surface area contributed by atoms with E-state index in [1.807, 2.05) is 127 Å². The van der Waals surface area contributed by atoms with E-state index in [-0.39, 0.29) is 87.4 Å². The summed E-state index contributed by atoms with van der Waals surface area (Å²) in [5.41, 5.74) is 9.90. The number of nitrogens with two attached hydrogens (primary N) is 1. The van der Waals surface area contributed by atoms with Crippen molar-refractivity contribution in [1.82, 2.24) is 25.5 Å². The number of hydrogen-bond acceptors (Lipinski definition) is 21. The lowest BCUT2D eigenvalue weighted by atomic mass is 9.97. The fourth-order valence-corrected chi connectivity index (χ4v) is 9.82. The molecule has 7 rings (SSSR count). The largest absolute Gasteiger partial charge is 0.508 e. The first-order valence-electron chi connectivity index (χ1n) is 30.7. The Morgan fingerprint density at radius 3 is 1.52 bits per heavy atom. The van der Waals surface area contributed by atoms with Crippen LogP contribution in [-0.2, 0) is 0 Å². The molecule has 1 heterocycles. The molecule has 6 aromatic carbocycles. The second kappa shape index (κ2) is 39.2. The Hall–Kier alpha value is -9.39. The number of ketones is 1. The molecule has 23 nitrogen and oxygen atoms in total. The predicted octanol–water partition coefficient (Wildman–Crippen LogP) is 12.7. The van der Waals surface area contributed by atoms with Crippen LogP contribution in [0.15, 0.2) is 102 Å². The molecule has 0 unspecified atom stereocenters. The van der Waals surface area contributed by atoms with Crippen LogP contribution in [0.4, 0.5) is 28.4 Å². The van der Waals surface area contributed by atoms with Gasteiger partial charge in [-0.1, -0.05) is 62.3 Å². The van der Waals surface area contributed by atoms with Crippen LogP contribution < -0.4 is 50.8 Å². The van der Waals surface area contributed by atoms with Crippen molar-refractivity contribution in [3.8, 4) is 68.8 Å². The number of aromatic nitrogens is 3. The molecular weight excluding hydrogens is 1240 g/mol. The Bertz CT molecular complexity index is 3650. The number of aliphatic hydroxyl groups excluding tert-OH is 1. The summed E-state index contributed by atoms with van der Waals surface area (Å²) in [5, 5.41) is 84.0. The molecule has 7 aromatic rings. The van der Waals surface area contributed by atoms with Crippen LogP contribution in [0, 0.1) is 0 Å². The predicted molar refractivity (Wildman–Crippen MR) is 383 cm³/mol. The zero-order valence-corrected chi connectivity index (χ0v) is 58.5. The molecule has 0 radical (unpaired) electrons. The molecule has 0 aliphatic rings. The number of phenols is 6. The van der Waals surface area contributed by atoms with Gasteiger partial charge in [0.15, 0.2) is 16.7 Å². The van der Waals surface area contributed by atoms with E-state index >= 15 is 0 Å². The average molecular weight is 1330 g/mol. The Morgan fingerprint density at radius 2 is 1.05 bits per heavy atom. The van der Waals surface area contributed by atoms with Crippen LogP contribution >= 0.6 is 24.4 Å². The van der Waals surface area contributed by atoms with Gasteiger partial charge in [-0.2, -0.15) is 4.99 Å². The summed E-state index contributed by atoms with van der Waals surface area (Å²) in [6.07, 6.45) is 4.71. The molecule has 1 amide bonds. The van der Waals surface area contributed by atoms with Gasteiger partial charge in [-0.25, -0.2) is 5.84 Å². The summed E-state index contributed by atoms with van der Waals surface area (Å²) in [4.78, 5) is 34.2. The third-order valence-electron chi connectivity index (χ3n) is 14.3. The number of nitrogen functional groups attached to an aromatic ring is 1. The van der Waals surface area contributed by atoms with Crippen LogP contribution in [0.25, 0.3) is 17.1 Å². The monoisotopic (exact) mass is 1330 g/mol. The number of nitrogens with one attached hydrogen (secondary N) is 3. The minimum absolute atomic E-state index is 0.0120. The number of hydrazine groups is 1. The van der Waals surface area contributed by atoms with Crippen molar-refractivity contribution in [1.29, 1.82) is 0 Å². The van der Waals surface area contributed by atoms with Gasteiger partial charge in [0, 0.05) is 71.3 Å². The van der Waals surface area contributed by atoms with Crippen LogP contribution in [0.1, 0.15) is 144 Å². The molecule has 0 spiro atoms. The summed E-state index contributed by atoms with van der Waals surface area (Å²) >= 11 is 9.92. The van der Waals surface area contributed by atoms with Crippen molar-refractivity contribution < 1.29 is 59.5 Å². The van der Waals surface area contributed by atoms with Crippen LogP contribution in [-0.4, -0.2) is 148 Å². The zero-order valence-electron chi connectivity index (χ0n) is 56.8. The van der Waals surface area contributed by atoms with Gasteiger partial charge in [-0.05, 0) is 158 Å². The Kier molecular flexibility index (Phi) is 32.9. The minimum atomic E-state index is -0.589. The van der Waals surface area contributed by atoms with Gasteiger partial charge in [0.05, 0.1) is 78.2 Å². The molecule has 12 N–H and O–H groups in total. The maximum atomic E-state index is 12.6. The van der Waals surface area contributed by atoms with Crippen molar-refractivity contribution >= 4 is 74.8 Å². The van der Waals surface area contributed by atoms with E-state index in [9.17, 15) is 40.2 Å². The number of benzene rings is 6. The highest BCUT2D eigenvalue weighted by molar-refractivity contribution is 7.80. The maximum Gasteiger partial charge on any atom is 0.268 e. The lowest BCUT2D eigenvalue weighted by Crippen LogP contribution is -2.33. The standard InChI is InChI=1S/C23H31N3O4S.C22H28N4O3.C12H16N2OS.C10H14N2O3.C2H6O/c1-6-9-26(4)18-10-15(7-8-22(18)30-5)25-23(31)24-13-21(29)17-11-16(14(2)3)19(27)12-20(17)28;1-6-9-25(4)18-10-15(7-8-21(18)29-5)26-13-23-24-22(26)17-11-16(14(2)3)19(27)12-20(17)28;1-4-7-14(2)11-8-10(13-9-16)5-6-12(11)15-3;1-5(2)6-3-7(10(15)12-11)9(14)4-8(6)13;1-2-3/h7-8,10-12,14,27-28H,6,9,13H2,1-5H3,(H2,24,25,31);7-8,10-14,27-28H,6,9H2,1-5H3;5-6,8H,4,7H2,1-3H3;3-5,13-14H,11H2,1-2H3,(H,12,15);3H,2H2,1H3. The van der Waals surface area contributed by atoms with E-state index in [2.05, 4.69) is 78.7 Å². The smallest absolute Gasteiger partial charge is 0.268 e. The van der Waals surface area contributed by atoms with E-state index in [0.717, 1.165) is 102 Å². The molecule has 0 aliphatic carbocycles. The van der Waals surface area contributed by atoms with Crippen LogP contribution in [0.2, 0.25) is 0 Å². The second-order valence-corrected chi connectivity index (χ2v) is 23.0. The van der Waals surface area contributed by atoms with Gasteiger partial charge < -0.3 is 75.3 Å². The average Bonchev–Trinajstić information content (AvgIpc) is 1.52. The van der Waals surface area contributed by atoms with E-state index in [1.54, 1.807) is 40.6 Å². The number of ether oxygens (including phenoxy) is 3. The van der Waals surface area contributed by atoms with Crippen molar-refractivity contribution in [2.45, 2.75) is 106 Å². The van der Waals surface area contributed by atoms with Crippen LogP contribution in [0.5, 0.6) is 51.7 Å². The number of phenolic OH excluding ortho intramolecular Hbond substituents is 6. The first kappa shape index (κ1) is 78.9. The molecule has 0 bridgehead atoms.